The number of aromatic nitrogens is 1. The Balaban J connectivity index is 1.13. The van der Waals surface area contributed by atoms with Crippen molar-refractivity contribution in [2.45, 2.75) is 44.8 Å². The fraction of sp³-hybridized carbons (Fsp3) is 0.520. The number of anilines is 1. The molecule has 2 aliphatic heterocycles. The number of ether oxygens (including phenoxy) is 1. The summed E-state index contributed by atoms with van der Waals surface area (Å²) in [5.41, 5.74) is 3.01. The molecule has 2 aliphatic rings. The van der Waals surface area contributed by atoms with Crippen LogP contribution >= 0.6 is 23.4 Å². The van der Waals surface area contributed by atoms with E-state index in [2.05, 4.69) is 26.9 Å². The molecule has 1 saturated heterocycles. The van der Waals surface area contributed by atoms with Crippen molar-refractivity contribution in [3.05, 3.63) is 46.8 Å². The van der Waals surface area contributed by atoms with Gasteiger partial charge in [-0.1, -0.05) is 36.2 Å². The number of benzene rings is 1. The second-order valence-electron chi connectivity index (χ2n) is 8.62. The van der Waals surface area contributed by atoms with Crippen LogP contribution in [0.1, 0.15) is 39.5 Å². The quantitative estimate of drug-likeness (QED) is 0.446. The average molecular weight is 474 g/mol. The number of rotatable bonds is 9. The molecular formula is C25H32ClN3O2S. The number of carbonyl (C=O) groups is 1. The summed E-state index contributed by atoms with van der Waals surface area (Å²) in [5.74, 6) is 0.892. The van der Waals surface area contributed by atoms with Crippen LogP contribution in [0.4, 0.5) is 5.69 Å². The van der Waals surface area contributed by atoms with E-state index in [0.29, 0.717) is 6.61 Å². The number of pyridine rings is 1. The molecule has 0 aliphatic carbocycles. The predicted octanol–water partition coefficient (Wildman–Crippen LogP) is 5.52. The third-order valence-electron chi connectivity index (χ3n) is 6.35. The minimum absolute atomic E-state index is 0.161. The summed E-state index contributed by atoms with van der Waals surface area (Å²) in [7, 11) is 0. The number of fused-ring (bicyclic) bond motifs is 1. The minimum atomic E-state index is 0.161. The number of hydrogen-bond acceptors (Lipinski definition) is 6. The lowest BCUT2D eigenvalue weighted by Crippen LogP contribution is -2.46. The van der Waals surface area contributed by atoms with Crippen molar-refractivity contribution >= 4 is 45.1 Å². The number of piperazine rings is 1. The Hall–Kier alpha value is -1.76. The third-order valence-corrected chi connectivity index (χ3v) is 7.67. The zero-order chi connectivity index (χ0) is 22.5. The van der Waals surface area contributed by atoms with Crippen molar-refractivity contribution in [1.82, 2.24) is 9.88 Å². The molecule has 5 nitrogen and oxygen atoms in total. The summed E-state index contributed by atoms with van der Waals surface area (Å²) < 4.78 is 5.90. The largest absolute Gasteiger partial charge is 0.496 e. The molecule has 1 unspecified atom stereocenters. The number of halogens is 1. The molecule has 0 N–H and O–H groups in total. The van der Waals surface area contributed by atoms with Crippen LogP contribution < -0.4 is 4.90 Å². The molecule has 172 valence electrons. The lowest BCUT2D eigenvalue weighted by atomic mass is 10.1. The first-order valence-corrected chi connectivity index (χ1v) is 12.8. The van der Waals surface area contributed by atoms with E-state index in [-0.39, 0.29) is 10.4 Å². The molecule has 0 spiro atoms. The Morgan fingerprint density at radius 1 is 1.12 bits per heavy atom. The Labute approximate surface area is 200 Å². The highest BCUT2D eigenvalue weighted by atomic mass is 35.5. The lowest BCUT2D eigenvalue weighted by molar-refractivity contribution is -0.107. The molecule has 7 heteroatoms. The summed E-state index contributed by atoms with van der Waals surface area (Å²) in [6.07, 6.45) is 6.55. The molecule has 3 heterocycles. The third kappa shape index (κ3) is 5.59. The molecule has 0 radical (unpaired) electrons. The molecule has 1 aromatic carbocycles. The first-order valence-electron chi connectivity index (χ1n) is 11.6. The molecule has 0 amide bonds. The number of carbonyl (C=O) groups excluding carboxylic acids is 1. The maximum atomic E-state index is 11.7. The van der Waals surface area contributed by atoms with Gasteiger partial charge in [0.25, 0.3) is 0 Å². The Kier molecular flexibility index (Phi) is 7.98. The van der Waals surface area contributed by atoms with Crippen LogP contribution in [-0.4, -0.2) is 59.6 Å². The fourth-order valence-corrected chi connectivity index (χ4v) is 5.62. The Morgan fingerprint density at radius 2 is 1.91 bits per heavy atom. The van der Waals surface area contributed by atoms with Gasteiger partial charge in [0.1, 0.15) is 5.76 Å². The summed E-state index contributed by atoms with van der Waals surface area (Å²) in [4.78, 5) is 21.2. The maximum absolute atomic E-state index is 11.7. The van der Waals surface area contributed by atoms with E-state index in [1.165, 1.54) is 42.1 Å². The predicted molar refractivity (Wildman–Crippen MR) is 135 cm³/mol. The van der Waals surface area contributed by atoms with Crippen LogP contribution in [0.3, 0.4) is 0 Å². The van der Waals surface area contributed by atoms with E-state index in [0.717, 1.165) is 61.0 Å². The zero-order valence-corrected chi connectivity index (χ0v) is 20.6. The zero-order valence-electron chi connectivity index (χ0n) is 19.0. The normalized spacial score (nSPS) is 19.9. The maximum Gasteiger partial charge on any atom is 0.219 e. The molecule has 32 heavy (non-hydrogen) atoms. The summed E-state index contributed by atoms with van der Waals surface area (Å²) in [5, 5.41) is 2.24. The van der Waals surface area contributed by atoms with Gasteiger partial charge >= 0.3 is 0 Å². The number of thioether (sulfide) groups is 1. The molecule has 1 aromatic heterocycles. The SMILES string of the molecule is CC1=C(OCCCCCCN2CCN(c3ccnc4cc(Cl)ccc34)CC2)C(C)SC1=O. The first-order chi connectivity index (χ1) is 15.5. The van der Waals surface area contributed by atoms with Crippen LogP contribution in [-0.2, 0) is 9.53 Å². The van der Waals surface area contributed by atoms with Gasteiger partial charge < -0.3 is 9.64 Å². The van der Waals surface area contributed by atoms with Gasteiger partial charge in [-0.3, -0.25) is 14.7 Å². The van der Waals surface area contributed by atoms with E-state index in [9.17, 15) is 4.79 Å². The molecular weight excluding hydrogens is 442 g/mol. The van der Waals surface area contributed by atoms with Gasteiger partial charge in [-0.15, -0.1) is 0 Å². The number of hydrogen-bond donors (Lipinski definition) is 0. The van der Waals surface area contributed by atoms with Crippen LogP contribution in [0.2, 0.25) is 5.02 Å². The van der Waals surface area contributed by atoms with E-state index in [4.69, 9.17) is 16.3 Å². The Bertz CT molecular complexity index is 988. The van der Waals surface area contributed by atoms with E-state index >= 15 is 0 Å². The molecule has 0 saturated carbocycles. The van der Waals surface area contributed by atoms with Crippen molar-refractivity contribution in [2.75, 3.05) is 44.2 Å². The van der Waals surface area contributed by atoms with Gasteiger partial charge in [0.15, 0.2) is 0 Å². The lowest BCUT2D eigenvalue weighted by Gasteiger charge is -2.36. The molecule has 0 bridgehead atoms. The summed E-state index contributed by atoms with van der Waals surface area (Å²) >= 11 is 7.50. The highest BCUT2D eigenvalue weighted by Crippen LogP contribution is 2.34. The van der Waals surface area contributed by atoms with Crippen molar-refractivity contribution < 1.29 is 9.53 Å². The van der Waals surface area contributed by atoms with Gasteiger partial charge in [0.2, 0.25) is 5.12 Å². The fourth-order valence-electron chi connectivity index (χ4n) is 4.50. The Morgan fingerprint density at radius 3 is 2.66 bits per heavy atom. The molecule has 4 rings (SSSR count). The van der Waals surface area contributed by atoms with Gasteiger partial charge in [0.05, 0.1) is 17.4 Å². The van der Waals surface area contributed by atoms with Gasteiger partial charge in [-0.2, -0.15) is 0 Å². The van der Waals surface area contributed by atoms with Crippen molar-refractivity contribution in [3.8, 4) is 0 Å². The van der Waals surface area contributed by atoms with Crippen molar-refractivity contribution in [1.29, 1.82) is 0 Å². The smallest absolute Gasteiger partial charge is 0.219 e. The van der Waals surface area contributed by atoms with Crippen molar-refractivity contribution in [2.24, 2.45) is 0 Å². The number of unbranched alkanes of at least 4 members (excludes halogenated alkanes) is 3. The summed E-state index contributed by atoms with van der Waals surface area (Å²) in [6.45, 7) is 10.1. The molecule has 1 atom stereocenters. The highest BCUT2D eigenvalue weighted by Gasteiger charge is 2.28. The second-order valence-corrected chi connectivity index (χ2v) is 10.4. The topological polar surface area (TPSA) is 45.7 Å². The van der Waals surface area contributed by atoms with Gasteiger partial charge in [0, 0.05) is 54.0 Å². The van der Waals surface area contributed by atoms with Crippen LogP contribution in [0.15, 0.2) is 41.8 Å². The summed E-state index contributed by atoms with van der Waals surface area (Å²) in [6, 6.07) is 8.08. The first kappa shape index (κ1) is 23.4. The minimum Gasteiger partial charge on any atom is -0.496 e. The van der Waals surface area contributed by atoms with Crippen LogP contribution in [0.25, 0.3) is 10.9 Å². The van der Waals surface area contributed by atoms with Crippen LogP contribution in [0, 0.1) is 0 Å². The standard InChI is InChI=1S/C25H32ClN3O2S/c1-18-24(19(2)32-25(18)30)31-16-6-4-3-5-11-28-12-14-29(15-13-28)23-9-10-27-22-17-20(26)7-8-21(22)23/h7-10,17,19H,3-6,11-16H2,1-2H3. The second kappa shape index (κ2) is 10.9. The number of nitrogens with zero attached hydrogens (tertiary/aromatic N) is 3. The van der Waals surface area contributed by atoms with Crippen molar-refractivity contribution in [3.63, 3.8) is 0 Å². The van der Waals surface area contributed by atoms with Crippen LogP contribution in [0.5, 0.6) is 0 Å². The van der Waals surface area contributed by atoms with E-state index in [1.807, 2.05) is 32.2 Å². The van der Waals surface area contributed by atoms with E-state index in [1.54, 1.807) is 0 Å². The molecule has 2 aromatic rings. The molecule has 1 fully saturated rings. The van der Waals surface area contributed by atoms with Gasteiger partial charge in [-0.25, -0.2) is 0 Å². The van der Waals surface area contributed by atoms with Gasteiger partial charge in [-0.05, 0) is 57.5 Å². The highest BCUT2D eigenvalue weighted by molar-refractivity contribution is 8.15. The average Bonchev–Trinajstić information content (AvgIpc) is 3.04. The monoisotopic (exact) mass is 473 g/mol. The van der Waals surface area contributed by atoms with E-state index < -0.39 is 0 Å².